The smallest absolute Gasteiger partial charge is 0.270 e. The zero-order chi connectivity index (χ0) is 17.0. The first-order chi connectivity index (χ1) is 10.9. The number of rotatable bonds is 6. The molecule has 122 valence electrons. The van der Waals surface area contributed by atoms with E-state index in [-0.39, 0.29) is 11.3 Å². The number of nitro benzene ring substituents is 1. The van der Waals surface area contributed by atoms with E-state index in [1.165, 1.54) is 35.2 Å². The third kappa shape index (κ3) is 4.17. The lowest BCUT2D eigenvalue weighted by atomic mass is 10.1. The summed E-state index contributed by atoms with van der Waals surface area (Å²) in [6, 6.07) is 4.17. The SMILES string of the molecule is CCSc1nnc(NC(=O)c2cc([N+](=O)[O-])ccc2N(C)C)s1. The van der Waals surface area contributed by atoms with Crippen molar-refractivity contribution in [3.8, 4) is 0 Å². The van der Waals surface area contributed by atoms with Gasteiger partial charge in [0.05, 0.1) is 10.5 Å². The number of carbonyl (C=O) groups excluding carboxylic acids is 1. The summed E-state index contributed by atoms with van der Waals surface area (Å²) in [5.74, 6) is 0.403. The molecule has 0 bridgehead atoms. The fourth-order valence-corrected chi connectivity index (χ4v) is 3.46. The van der Waals surface area contributed by atoms with E-state index in [0.29, 0.717) is 10.8 Å². The lowest BCUT2D eigenvalue weighted by Crippen LogP contribution is -2.18. The van der Waals surface area contributed by atoms with Crippen molar-refractivity contribution in [2.75, 3.05) is 30.1 Å². The van der Waals surface area contributed by atoms with E-state index in [0.717, 1.165) is 10.1 Å². The van der Waals surface area contributed by atoms with Crippen LogP contribution in [0.25, 0.3) is 0 Å². The molecule has 10 heteroatoms. The van der Waals surface area contributed by atoms with Crippen LogP contribution in [-0.2, 0) is 0 Å². The number of aromatic nitrogens is 2. The van der Waals surface area contributed by atoms with Crippen molar-refractivity contribution >= 4 is 45.5 Å². The summed E-state index contributed by atoms with van der Waals surface area (Å²) in [5.41, 5.74) is 0.658. The molecule has 0 spiro atoms. The van der Waals surface area contributed by atoms with Gasteiger partial charge in [-0.15, -0.1) is 10.2 Å². The number of hydrogen-bond donors (Lipinski definition) is 1. The Hall–Kier alpha value is -2.20. The number of amides is 1. The average Bonchev–Trinajstić information content (AvgIpc) is 2.94. The minimum absolute atomic E-state index is 0.139. The highest BCUT2D eigenvalue weighted by Gasteiger charge is 2.19. The first-order valence-corrected chi connectivity index (χ1v) is 8.46. The van der Waals surface area contributed by atoms with E-state index in [4.69, 9.17) is 0 Å². The van der Waals surface area contributed by atoms with Crippen LogP contribution in [0.15, 0.2) is 22.5 Å². The highest BCUT2D eigenvalue weighted by molar-refractivity contribution is 8.01. The van der Waals surface area contributed by atoms with Crippen molar-refractivity contribution < 1.29 is 9.72 Å². The topological polar surface area (TPSA) is 101 Å². The quantitative estimate of drug-likeness (QED) is 0.369. The molecule has 0 radical (unpaired) electrons. The van der Waals surface area contributed by atoms with Crippen LogP contribution in [0.5, 0.6) is 0 Å². The normalized spacial score (nSPS) is 10.4. The maximum atomic E-state index is 12.5. The summed E-state index contributed by atoms with van der Waals surface area (Å²) in [5, 5.41) is 21.8. The van der Waals surface area contributed by atoms with Gasteiger partial charge in [0.15, 0.2) is 4.34 Å². The Morgan fingerprint density at radius 3 is 2.78 bits per heavy atom. The summed E-state index contributed by atoms with van der Waals surface area (Å²) >= 11 is 2.80. The summed E-state index contributed by atoms with van der Waals surface area (Å²) in [6.07, 6.45) is 0. The van der Waals surface area contributed by atoms with E-state index in [1.54, 1.807) is 25.1 Å². The molecule has 23 heavy (non-hydrogen) atoms. The highest BCUT2D eigenvalue weighted by atomic mass is 32.2. The second kappa shape index (κ2) is 7.38. The molecule has 1 heterocycles. The molecule has 0 aliphatic carbocycles. The van der Waals surface area contributed by atoms with Gasteiger partial charge in [-0.1, -0.05) is 30.0 Å². The van der Waals surface area contributed by atoms with Crippen LogP contribution in [0.1, 0.15) is 17.3 Å². The van der Waals surface area contributed by atoms with Crippen molar-refractivity contribution in [3.05, 3.63) is 33.9 Å². The van der Waals surface area contributed by atoms with Crippen LogP contribution in [-0.4, -0.2) is 40.9 Å². The van der Waals surface area contributed by atoms with Crippen molar-refractivity contribution in [2.24, 2.45) is 0 Å². The Balaban J connectivity index is 2.29. The minimum Gasteiger partial charge on any atom is -0.377 e. The maximum Gasteiger partial charge on any atom is 0.270 e. The molecule has 0 saturated carbocycles. The predicted octanol–water partition coefficient (Wildman–Crippen LogP) is 2.88. The van der Waals surface area contributed by atoms with Crippen LogP contribution in [0, 0.1) is 10.1 Å². The van der Waals surface area contributed by atoms with Crippen molar-refractivity contribution in [1.82, 2.24) is 10.2 Å². The number of nitrogens with zero attached hydrogens (tertiary/aromatic N) is 4. The Morgan fingerprint density at radius 1 is 1.43 bits per heavy atom. The van der Waals surface area contributed by atoms with Gasteiger partial charge in [0.25, 0.3) is 11.6 Å². The van der Waals surface area contributed by atoms with E-state index in [9.17, 15) is 14.9 Å². The van der Waals surface area contributed by atoms with Gasteiger partial charge in [-0.25, -0.2) is 0 Å². The summed E-state index contributed by atoms with van der Waals surface area (Å²) in [4.78, 5) is 24.6. The molecule has 1 amide bonds. The lowest BCUT2D eigenvalue weighted by Gasteiger charge is -2.16. The van der Waals surface area contributed by atoms with Gasteiger partial charge in [-0.2, -0.15) is 0 Å². The number of anilines is 2. The Morgan fingerprint density at radius 2 is 2.17 bits per heavy atom. The zero-order valence-electron chi connectivity index (χ0n) is 12.8. The molecule has 1 N–H and O–H groups in total. The van der Waals surface area contributed by atoms with Gasteiger partial charge in [0, 0.05) is 31.9 Å². The van der Waals surface area contributed by atoms with Gasteiger partial charge in [-0.3, -0.25) is 20.2 Å². The predicted molar refractivity (Wildman–Crippen MR) is 91.7 cm³/mol. The van der Waals surface area contributed by atoms with Gasteiger partial charge < -0.3 is 4.90 Å². The van der Waals surface area contributed by atoms with Crippen LogP contribution in [0.2, 0.25) is 0 Å². The van der Waals surface area contributed by atoms with Gasteiger partial charge in [-0.05, 0) is 11.8 Å². The van der Waals surface area contributed by atoms with Crippen molar-refractivity contribution in [1.29, 1.82) is 0 Å². The maximum absolute atomic E-state index is 12.5. The number of non-ortho nitro benzene ring substituents is 1. The molecule has 0 aliphatic heterocycles. The van der Waals surface area contributed by atoms with Crippen molar-refractivity contribution in [3.63, 3.8) is 0 Å². The third-order valence-electron chi connectivity index (χ3n) is 2.81. The summed E-state index contributed by atoms with van der Waals surface area (Å²) in [6.45, 7) is 2.00. The number of nitro groups is 1. The average molecular weight is 353 g/mol. The van der Waals surface area contributed by atoms with Crippen LogP contribution in [0.3, 0.4) is 0 Å². The van der Waals surface area contributed by atoms with E-state index < -0.39 is 10.8 Å². The Kier molecular flexibility index (Phi) is 5.50. The molecule has 0 fully saturated rings. The minimum atomic E-state index is -0.531. The number of carbonyl (C=O) groups is 1. The summed E-state index contributed by atoms with van der Waals surface area (Å²) < 4.78 is 0.759. The van der Waals surface area contributed by atoms with E-state index in [1.807, 2.05) is 6.92 Å². The number of hydrogen-bond acceptors (Lipinski definition) is 8. The molecule has 0 atom stereocenters. The molecular weight excluding hydrogens is 338 g/mol. The fourth-order valence-electron chi connectivity index (χ4n) is 1.82. The largest absolute Gasteiger partial charge is 0.377 e. The van der Waals surface area contributed by atoms with Crippen molar-refractivity contribution in [2.45, 2.75) is 11.3 Å². The van der Waals surface area contributed by atoms with Crippen LogP contribution in [0.4, 0.5) is 16.5 Å². The summed E-state index contributed by atoms with van der Waals surface area (Å²) in [7, 11) is 3.53. The van der Waals surface area contributed by atoms with Crippen LogP contribution >= 0.6 is 23.1 Å². The number of benzene rings is 1. The molecule has 0 unspecified atom stereocenters. The zero-order valence-corrected chi connectivity index (χ0v) is 14.4. The Bertz CT molecular complexity index is 732. The third-order valence-corrected chi connectivity index (χ3v) is 4.67. The standard InChI is InChI=1S/C13H15N5O3S2/c1-4-22-13-16-15-12(23-13)14-11(19)9-7-8(18(20)21)5-6-10(9)17(2)3/h5-7H,4H2,1-3H3,(H,14,15,19). The molecule has 0 saturated heterocycles. The second-order valence-electron chi connectivity index (χ2n) is 4.61. The fraction of sp³-hybridized carbons (Fsp3) is 0.308. The molecule has 2 rings (SSSR count). The van der Waals surface area contributed by atoms with E-state index >= 15 is 0 Å². The van der Waals surface area contributed by atoms with Gasteiger partial charge >= 0.3 is 0 Å². The molecule has 0 aliphatic rings. The lowest BCUT2D eigenvalue weighted by molar-refractivity contribution is -0.384. The van der Waals surface area contributed by atoms with Gasteiger partial charge in [0.2, 0.25) is 5.13 Å². The second-order valence-corrected chi connectivity index (χ2v) is 7.10. The molecular formula is C13H15N5O3S2. The van der Waals surface area contributed by atoms with Crippen LogP contribution < -0.4 is 10.2 Å². The molecule has 8 nitrogen and oxygen atoms in total. The molecule has 2 aromatic rings. The van der Waals surface area contributed by atoms with Gasteiger partial charge in [0.1, 0.15) is 0 Å². The number of nitrogens with one attached hydrogen (secondary N) is 1. The number of thioether (sulfide) groups is 1. The first kappa shape index (κ1) is 17.2. The first-order valence-electron chi connectivity index (χ1n) is 6.65. The monoisotopic (exact) mass is 353 g/mol. The Labute approximate surface area is 141 Å². The molecule has 1 aromatic heterocycles. The van der Waals surface area contributed by atoms with E-state index in [2.05, 4.69) is 15.5 Å². The molecule has 1 aromatic carbocycles. The highest BCUT2D eigenvalue weighted by Crippen LogP contribution is 2.28.